The Balaban J connectivity index is 1.63. The van der Waals surface area contributed by atoms with Crippen molar-refractivity contribution < 1.29 is 19.0 Å². The number of nitriles is 1. The number of nitrogens with one attached hydrogen (secondary N) is 1. The quantitative estimate of drug-likeness (QED) is 0.849. The molecule has 1 amide bonds. The predicted octanol–water partition coefficient (Wildman–Crippen LogP) is 3.22. The summed E-state index contributed by atoms with van der Waals surface area (Å²) < 4.78 is 16.7. The van der Waals surface area contributed by atoms with Crippen LogP contribution in [-0.2, 0) is 4.79 Å². The zero-order valence-corrected chi connectivity index (χ0v) is 15.4. The van der Waals surface area contributed by atoms with E-state index in [4.69, 9.17) is 19.5 Å². The normalized spacial score (nSPS) is 13.6. The molecule has 6 nitrogen and oxygen atoms in total. The van der Waals surface area contributed by atoms with Crippen LogP contribution in [0.15, 0.2) is 42.5 Å². The molecule has 1 heterocycles. The highest BCUT2D eigenvalue weighted by Gasteiger charge is 2.21. The molecule has 0 fully saturated rings. The highest BCUT2D eigenvalue weighted by Crippen LogP contribution is 2.34. The van der Waals surface area contributed by atoms with Crippen molar-refractivity contribution in [2.24, 2.45) is 5.92 Å². The Hall–Kier alpha value is -3.20. The number of benzene rings is 2. The average Bonchev–Trinajstić information content (AvgIpc) is 2.70. The van der Waals surface area contributed by atoms with Gasteiger partial charge >= 0.3 is 0 Å². The van der Waals surface area contributed by atoms with Crippen molar-refractivity contribution in [3.63, 3.8) is 0 Å². The van der Waals surface area contributed by atoms with Gasteiger partial charge in [0.15, 0.2) is 18.1 Å². The van der Waals surface area contributed by atoms with Gasteiger partial charge in [-0.3, -0.25) is 4.79 Å². The lowest BCUT2D eigenvalue weighted by Crippen LogP contribution is -2.35. The number of hydrogen-bond acceptors (Lipinski definition) is 5. The van der Waals surface area contributed by atoms with E-state index in [1.807, 2.05) is 38.1 Å². The summed E-state index contributed by atoms with van der Waals surface area (Å²) >= 11 is 0. The van der Waals surface area contributed by atoms with Gasteiger partial charge in [0.2, 0.25) is 0 Å². The SMILES string of the molecule is CC(C)[C@@H](NC(=O)COc1ccc(C#N)cc1)c1ccc2c(c1)OCCO2. The van der Waals surface area contributed by atoms with Gasteiger partial charge in [-0.15, -0.1) is 0 Å². The van der Waals surface area contributed by atoms with E-state index >= 15 is 0 Å². The number of hydrogen-bond donors (Lipinski definition) is 1. The molecule has 1 aliphatic rings. The van der Waals surface area contributed by atoms with Crippen LogP contribution in [0.2, 0.25) is 0 Å². The third kappa shape index (κ3) is 4.70. The van der Waals surface area contributed by atoms with E-state index in [1.54, 1.807) is 24.3 Å². The van der Waals surface area contributed by atoms with Crippen LogP contribution in [0.25, 0.3) is 0 Å². The molecule has 2 aromatic rings. The lowest BCUT2D eigenvalue weighted by atomic mass is 9.95. The minimum absolute atomic E-state index is 0.0975. The monoisotopic (exact) mass is 366 g/mol. The third-order valence-electron chi connectivity index (χ3n) is 4.26. The first-order chi connectivity index (χ1) is 13.1. The van der Waals surface area contributed by atoms with E-state index in [1.165, 1.54) is 0 Å². The summed E-state index contributed by atoms with van der Waals surface area (Å²) in [6, 6.07) is 14.3. The number of nitrogens with zero attached hydrogens (tertiary/aromatic N) is 1. The molecule has 0 aliphatic carbocycles. The van der Waals surface area contributed by atoms with E-state index in [-0.39, 0.29) is 24.5 Å². The highest BCUT2D eigenvalue weighted by molar-refractivity contribution is 5.78. The summed E-state index contributed by atoms with van der Waals surface area (Å²) in [5.74, 6) is 1.94. The molecular weight excluding hydrogens is 344 g/mol. The smallest absolute Gasteiger partial charge is 0.258 e. The Bertz CT molecular complexity index is 840. The molecule has 0 radical (unpaired) electrons. The lowest BCUT2D eigenvalue weighted by molar-refractivity contribution is -0.124. The molecule has 0 aromatic heterocycles. The zero-order valence-electron chi connectivity index (χ0n) is 15.4. The second-order valence-electron chi connectivity index (χ2n) is 6.62. The molecule has 0 unspecified atom stereocenters. The summed E-state index contributed by atoms with van der Waals surface area (Å²) in [6.45, 7) is 5.06. The van der Waals surface area contributed by atoms with E-state index in [9.17, 15) is 4.79 Å². The van der Waals surface area contributed by atoms with Crippen LogP contribution in [0, 0.1) is 17.2 Å². The number of rotatable bonds is 6. The van der Waals surface area contributed by atoms with Crippen LogP contribution >= 0.6 is 0 Å². The highest BCUT2D eigenvalue weighted by atomic mass is 16.6. The summed E-state index contributed by atoms with van der Waals surface area (Å²) in [7, 11) is 0. The van der Waals surface area contributed by atoms with Crippen LogP contribution in [0.5, 0.6) is 17.2 Å². The molecule has 0 bridgehead atoms. The molecule has 0 saturated heterocycles. The number of carbonyl (C=O) groups excluding carboxylic acids is 1. The molecule has 3 rings (SSSR count). The largest absolute Gasteiger partial charge is 0.486 e. The number of ether oxygens (including phenoxy) is 3. The van der Waals surface area contributed by atoms with Crippen LogP contribution in [0.4, 0.5) is 0 Å². The Morgan fingerprint density at radius 3 is 2.52 bits per heavy atom. The summed E-state index contributed by atoms with van der Waals surface area (Å²) in [5, 5.41) is 11.8. The first kappa shape index (κ1) is 18.6. The topological polar surface area (TPSA) is 80.6 Å². The average molecular weight is 366 g/mol. The van der Waals surface area contributed by atoms with E-state index in [2.05, 4.69) is 5.32 Å². The van der Waals surface area contributed by atoms with Gasteiger partial charge in [0.25, 0.3) is 5.91 Å². The predicted molar refractivity (Wildman–Crippen MR) is 99.8 cm³/mol. The third-order valence-corrected chi connectivity index (χ3v) is 4.26. The molecule has 27 heavy (non-hydrogen) atoms. The maximum absolute atomic E-state index is 12.4. The summed E-state index contributed by atoms with van der Waals surface area (Å²) in [4.78, 5) is 12.4. The van der Waals surface area contributed by atoms with Gasteiger partial charge in [-0.05, 0) is 47.9 Å². The van der Waals surface area contributed by atoms with Crippen molar-refractivity contribution >= 4 is 5.91 Å². The molecule has 6 heteroatoms. The minimum Gasteiger partial charge on any atom is -0.486 e. The number of amides is 1. The van der Waals surface area contributed by atoms with Gasteiger partial charge in [-0.2, -0.15) is 5.26 Å². The maximum Gasteiger partial charge on any atom is 0.258 e. The van der Waals surface area contributed by atoms with Gasteiger partial charge in [0.05, 0.1) is 17.7 Å². The van der Waals surface area contributed by atoms with Crippen LogP contribution < -0.4 is 19.5 Å². The van der Waals surface area contributed by atoms with Crippen LogP contribution in [0.3, 0.4) is 0 Å². The molecule has 0 saturated carbocycles. The maximum atomic E-state index is 12.4. The van der Waals surface area contributed by atoms with Crippen LogP contribution in [0.1, 0.15) is 31.0 Å². The fraction of sp³-hybridized carbons (Fsp3) is 0.333. The van der Waals surface area contributed by atoms with Crippen LogP contribution in [-0.4, -0.2) is 25.7 Å². The molecule has 0 spiro atoms. The van der Waals surface area contributed by atoms with Crippen molar-refractivity contribution in [1.82, 2.24) is 5.32 Å². The molecule has 1 N–H and O–H groups in total. The lowest BCUT2D eigenvalue weighted by Gasteiger charge is -2.25. The Morgan fingerprint density at radius 1 is 1.15 bits per heavy atom. The molecule has 140 valence electrons. The summed E-state index contributed by atoms with van der Waals surface area (Å²) in [6.07, 6.45) is 0. The standard InChI is InChI=1S/C21H22N2O4/c1-14(2)21(16-5-8-18-19(11-16)26-10-9-25-18)23-20(24)13-27-17-6-3-15(12-22)4-7-17/h3-8,11,14,21H,9-10,13H2,1-2H3,(H,23,24)/t21-/m1/s1. The number of fused-ring (bicyclic) bond motifs is 1. The minimum atomic E-state index is -0.215. The molecule has 2 aromatic carbocycles. The Morgan fingerprint density at radius 2 is 1.85 bits per heavy atom. The van der Waals surface area contributed by atoms with Crippen molar-refractivity contribution in [3.05, 3.63) is 53.6 Å². The molecule has 1 atom stereocenters. The summed E-state index contributed by atoms with van der Waals surface area (Å²) in [5.41, 5.74) is 1.51. The van der Waals surface area contributed by atoms with Gasteiger partial charge < -0.3 is 19.5 Å². The van der Waals surface area contributed by atoms with Crippen molar-refractivity contribution in [2.75, 3.05) is 19.8 Å². The van der Waals surface area contributed by atoms with E-state index in [0.29, 0.717) is 30.3 Å². The first-order valence-electron chi connectivity index (χ1n) is 8.88. The van der Waals surface area contributed by atoms with Crippen molar-refractivity contribution in [3.8, 4) is 23.3 Å². The van der Waals surface area contributed by atoms with Crippen molar-refractivity contribution in [2.45, 2.75) is 19.9 Å². The number of carbonyl (C=O) groups is 1. The second-order valence-corrected chi connectivity index (χ2v) is 6.62. The molecule has 1 aliphatic heterocycles. The van der Waals surface area contributed by atoms with Crippen molar-refractivity contribution in [1.29, 1.82) is 5.26 Å². The fourth-order valence-corrected chi connectivity index (χ4v) is 2.88. The van der Waals surface area contributed by atoms with E-state index < -0.39 is 0 Å². The van der Waals surface area contributed by atoms with Gasteiger partial charge in [0.1, 0.15) is 19.0 Å². The zero-order chi connectivity index (χ0) is 19.2. The second kappa shape index (κ2) is 8.45. The fourth-order valence-electron chi connectivity index (χ4n) is 2.88. The molecular formula is C21H22N2O4. The Kier molecular flexibility index (Phi) is 5.82. The van der Waals surface area contributed by atoms with Gasteiger partial charge in [-0.1, -0.05) is 19.9 Å². The van der Waals surface area contributed by atoms with Gasteiger partial charge in [0, 0.05) is 0 Å². The van der Waals surface area contributed by atoms with Gasteiger partial charge in [-0.25, -0.2) is 0 Å². The van der Waals surface area contributed by atoms with E-state index in [0.717, 1.165) is 11.3 Å². The Labute approximate surface area is 158 Å². The first-order valence-corrected chi connectivity index (χ1v) is 8.88.